The Hall–Kier alpha value is -1.88. The second kappa shape index (κ2) is 7.22. The molecule has 1 aromatic carbocycles. The molecule has 1 atom stereocenters. The van der Waals surface area contributed by atoms with Gasteiger partial charge in [-0.05, 0) is 18.6 Å². The van der Waals surface area contributed by atoms with Crippen molar-refractivity contribution in [1.29, 1.82) is 0 Å². The Kier molecular flexibility index (Phi) is 5.33. The van der Waals surface area contributed by atoms with Crippen molar-refractivity contribution in [2.45, 2.75) is 19.8 Å². The molecule has 0 spiro atoms. The van der Waals surface area contributed by atoms with Crippen LogP contribution in [0.1, 0.15) is 30.1 Å². The second-order valence-electron chi connectivity index (χ2n) is 5.27. The van der Waals surface area contributed by atoms with Gasteiger partial charge in [0.1, 0.15) is 23.7 Å². The number of hydrogen-bond acceptors (Lipinski definition) is 4. The summed E-state index contributed by atoms with van der Waals surface area (Å²) in [7, 11) is 0. The number of ketones is 1. The average Bonchev–Trinajstić information content (AvgIpc) is 2.49. The van der Waals surface area contributed by atoms with E-state index in [1.165, 1.54) is 6.07 Å². The number of carbonyl (C=O) groups excluding carboxylic acids is 1. The standard InChI is InChI=1S/C16H21NO4/c1-2-12-11-17(8-7-14(12)18)9-10-21-15-6-4-3-5-13(15)16(19)20/h3-6,12H,2,7-11H2,1H3,(H,19,20). The molecule has 1 unspecified atom stereocenters. The first kappa shape index (κ1) is 15.5. The first-order chi connectivity index (χ1) is 10.1. The van der Waals surface area contributed by atoms with Crippen molar-refractivity contribution in [2.24, 2.45) is 5.92 Å². The summed E-state index contributed by atoms with van der Waals surface area (Å²) >= 11 is 0. The number of ether oxygens (including phenoxy) is 1. The van der Waals surface area contributed by atoms with Gasteiger partial charge in [0.25, 0.3) is 0 Å². The van der Waals surface area contributed by atoms with E-state index in [1.807, 2.05) is 6.92 Å². The zero-order valence-corrected chi connectivity index (χ0v) is 12.2. The van der Waals surface area contributed by atoms with Crippen LogP contribution in [0.2, 0.25) is 0 Å². The van der Waals surface area contributed by atoms with Gasteiger partial charge in [-0.1, -0.05) is 19.1 Å². The molecule has 0 radical (unpaired) electrons. The maximum atomic E-state index is 11.7. The van der Waals surface area contributed by atoms with Crippen LogP contribution in [0.3, 0.4) is 0 Å². The van der Waals surface area contributed by atoms with Crippen LogP contribution in [-0.2, 0) is 4.79 Å². The SMILES string of the molecule is CCC1CN(CCOc2ccccc2C(=O)O)CCC1=O. The van der Waals surface area contributed by atoms with E-state index in [9.17, 15) is 9.59 Å². The number of carboxylic acid groups (broad SMARTS) is 1. The van der Waals surface area contributed by atoms with E-state index in [2.05, 4.69) is 4.90 Å². The monoisotopic (exact) mass is 291 g/mol. The van der Waals surface area contributed by atoms with Gasteiger partial charge in [-0.25, -0.2) is 4.79 Å². The third-order valence-corrected chi connectivity index (χ3v) is 3.88. The fourth-order valence-electron chi connectivity index (χ4n) is 2.59. The third-order valence-electron chi connectivity index (χ3n) is 3.88. The summed E-state index contributed by atoms with van der Waals surface area (Å²) < 4.78 is 5.59. The maximum Gasteiger partial charge on any atom is 0.339 e. The second-order valence-corrected chi connectivity index (χ2v) is 5.27. The lowest BCUT2D eigenvalue weighted by molar-refractivity contribution is -0.126. The number of carbonyl (C=O) groups is 2. The molecule has 1 fully saturated rings. The Bertz CT molecular complexity index is 515. The van der Waals surface area contributed by atoms with Crippen LogP contribution in [0.25, 0.3) is 0 Å². The first-order valence-corrected chi connectivity index (χ1v) is 7.32. The van der Waals surface area contributed by atoms with Gasteiger partial charge in [0.2, 0.25) is 0 Å². The highest BCUT2D eigenvalue weighted by Gasteiger charge is 2.25. The molecule has 1 aliphatic heterocycles. The number of aromatic carboxylic acids is 1. The maximum absolute atomic E-state index is 11.7. The minimum atomic E-state index is -0.986. The number of likely N-dealkylation sites (tertiary alicyclic amines) is 1. The Morgan fingerprint density at radius 3 is 2.90 bits per heavy atom. The van der Waals surface area contributed by atoms with Crippen LogP contribution >= 0.6 is 0 Å². The highest BCUT2D eigenvalue weighted by Crippen LogP contribution is 2.19. The Morgan fingerprint density at radius 2 is 2.19 bits per heavy atom. The van der Waals surface area contributed by atoms with E-state index in [-0.39, 0.29) is 11.5 Å². The molecular weight excluding hydrogens is 270 g/mol. The largest absolute Gasteiger partial charge is 0.491 e. The van der Waals surface area contributed by atoms with Crippen molar-refractivity contribution in [3.63, 3.8) is 0 Å². The Labute approximate surface area is 124 Å². The summed E-state index contributed by atoms with van der Waals surface area (Å²) in [5.74, 6) is -0.110. The number of rotatable bonds is 6. The number of carboxylic acids is 1. The van der Waals surface area contributed by atoms with Crippen LogP contribution in [0.5, 0.6) is 5.75 Å². The summed E-state index contributed by atoms with van der Waals surface area (Å²) in [6.45, 7) is 4.71. The quantitative estimate of drug-likeness (QED) is 0.869. The van der Waals surface area contributed by atoms with E-state index in [0.717, 1.165) is 19.5 Å². The van der Waals surface area contributed by atoms with Crippen molar-refractivity contribution >= 4 is 11.8 Å². The molecule has 0 bridgehead atoms. The molecule has 5 nitrogen and oxygen atoms in total. The van der Waals surface area contributed by atoms with Crippen molar-refractivity contribution < 1.29 is 19.4 Å². The number of nitrogens with zero attached hydrogens (tertiary/aromatic N) is 1. The molecule has 114 valence electrons. The minimum absolute atomic E-state index is 0.130. The van der Waals surface area contributed by atoms with E-state index in [0.29, 0.717) is 31.1 Å². The molecule has 0 aromatic heterocycles. The minimum Gasteiger partial charge on any atom is -0.491 e. The van der Waals surface area contributed by atoms with E-state index in [4.69, 9.17) is 9.84 Å². The van der Waals surface area contributed by atoms with Gasteiger partial charge >= 0.3 is 5.97 Å². The van der Waals surface area contributed by atoms with Crippen LogP contribution in [-0.4, -0.2) is 48.0 Å². The zero-order chi connectivity index (χ0) is 15.2. The van der Waals surface area contributed by atoms with Crippen molar-refractivity contribution in [2.75, 3.05) is 26.2 Å². The molecule has 0 aliphatic carbocycles. The number of Topliss-reactive ketones (excluding diaryl/α,β-unsaturated/α-hetero) is 1. The summed E-state index contributed by atoms with van der Waals surface area (Å²) in [5.41, 5.74) is 0.178. The predicted octanol–water partition coefficient (Wildman–Crippen LogP) is 2.06. The summed E-state index contributed by atoms with van der Waals surface area (Å²) in [6.07, 6.45) is 1.47. The van der Waals surface area contributed by atoms with Crippen molar-refractivity contribution in [1.82, 2.24) is 4.90 Å². The molecule has 0 saturated carbocycles. The van der Waals surface area contributed by atoms with Gasteiger partial charge in [-0.3, -0.25) is 9.69 Å². The number of para-hydroxylation sites is 1. The smallest absolute Gasteiger partial charge is 0.339 e. The number of piperidine rings is 1. The molecule has 2 rings (SSSR count). The molecule has 1 aliphatic rings. The van der Waals surface area contributed by atoms with Gasteiger partial charge in [-0.15, -0.1) is 0 Å². The van der Waals surface area contributed by atoms with E-state index < -0.39 is 5.97 Å². The van der Waals surface area contributed by atoms with Crippen molar-refractivity contribution in [3.05, 3.63) is 29.8 Å². The molecule has 1 N–H and O–H groups in total. The lowest BCUT2D eigenvalue weighted by Crippen LogP contribution is -2.42. The predicted molar refractivity (Wildman–Crippen MR) is 78.7 cm³/mol. The Balaban J connectivity index is 1.85. The summed E-state index contributed by atoms with van der Waals surface area (Å²) in [6, 6.07) is 6.63. The topological polar surface area (TPSA) is 66.8 Å². The van der Waals surface area contributed by atoms with Gasteiger partial charge in [-0.2, -0.15) is 0 Å². The molecule has 1 aromatic rings. The fourth-order valence-corrected chi connectivity index (χ4v) is 2.59. The number of benzene rings is 1. The molecular formula is C16H21NO4. The molecule has 21 heavy (non-hydrogen) atoms. The highest BCUT2D eigenvalue weighted by molar-refractivity contribution is 5.90. The zero-order valence-electron chi connectivity index (χ0n) is 12.2. The van der Waals surface area contributed by atoms with Gasteiger partial charge in [0.15, 0.2) is 0 Å². The van der Waals surface area contributed by atoms with Gasteiger partial charge in [0, 0.05) is 32.0 Å². The number of hydrogen-bond donors (Lipinski definition) is 1. The Morgan fingerprint density at radius 1 is 1.43 bits per heavy atom. The summed E-state index contributed by atoms with van der Waals surface area (Å²) in [5, 5.41) is 9.08. The third kappa shape index (κ3) is 4.04. The molecule has 1 heterocycles. The van der Waals surface area contributed by atoms with Crippen LogP contribution in [0.4, 0.5) is 0 Å². The lowest BCUT2D eigenvalue weighted by atomic mass is 9.94. The molecule has 5 heteroatoms. The van der Waals surface area contributed by atoms with E-state index in [1.54, 1.807) is 18.2 Å². The van der Waals surface area contributed by atoms with Crippen LogP contribution in [0, 0.1) is 5.92 Å². The van der Waals surface area contributed by atoms with Gasteiger partial charge in [0.05, 0.1) is 0 Å². The lowest BCUT2D eigenvalue weighted by Gasteiger charge is -2.31. The van der Waals surface area contributed by atoms with E-state index >= 15 is 0 Å². The normalized spacial score (nSPS) is 19.5. The fraction of sp³-hybridized carbons (Fsp3) is 0.500. The van der Waals surface area contributed by atoms with Crippen LogP contribution < -0.4 is 4.74 Å². The first-order valence-electron chi connectivity index (χ1n) is 7.32. The summed E-state index contributed by atoms with van der Waals surface area (Å²) in [4.78, 5) is 24.9. The highest BCUT2D eigenvalue weighted by atomic mass is 16.5. The van der Waals surface area contributed by atoms with Crippen LogP contribution in [0.15, 0.2) is 24.3 Å². The van der Waals surface area contributed by atoms with Crippen molar-refractivity contribution in [3.8, 4) is 5.75 Å². The molecule has 1 saturated heterocycles. The average molecular weight is 291 g/mol. The van der Waals surface area contributed by atoms with Gasteiger partial charge < -0.3 is 9.84 Å². The molecule has 0 amide bonds.